The van der Waals surface area contributed by atoms with Gasteiger partial charge in [-0.25, -0.2) is 0 Å². The van der Waals surface area contributed by atoms with E-state index in [4.69, 9.17) is 9.47 Å². The molecular weight excluding hydrogens is 536 g/mol. The summed E-state index contributed by atoms with van der Waals surface area (Å²) in [5.74, 6) is -3.45. The molecule has 0 unspecified atom stereocenters. The Hall–Kier alpha value is -5.76. The van der Waals surface area contributed by atoms with Gasteiger partial charge >= 0.3 is 11.9 Å². The van der Waals surface area contributed by atoms with Gasteiger partial charge in [-0.05, 0) is 46.5 Å². The van der Waals surface area contributed by atoms with Crippen LogP contribution in [0.2, 0.25) is 0 Å². The fourth-order valence-electron chi connectivity index (χ4n) is 4.49. The first kappa shape index (κ1) is 27.8. The third-order valence-electron chi connectivity index (χ3n) is 6.48. The second kappa shape index (κ2) is 12.2. The first-order chi connectivity index (χ1) is 20.3. The SMILES string of the molecule is O=C(Cc1ccccc1)Oc1c(O)c(-c2ccc(O)cc2)c(OC(=O)Cc2ccccc2)c(O)c1-c1ccc(O)cc1. The predicted octanol–water partition coefficient (Wildman–Crippen LogP) is 6.14. The van der Waals surface area contributed by atoms with Gasteiger partial charge in [0, 0.05) is 0 Å². The summed E-state index contributed by atoms with van der Waals surface area (Å²) >= 11 is 0. The van der Waals surface area contributed by atoms with Crippen molar-refractivity contribution in [3.8, 4) is 56.8 Å². The Kier molecular flexibility index (Phi) is 8.06. The van der Waals surface area contributed by atoms with Crippen molar-refractivity contribution in [3.63, 3.8) is 0 Å². The molecule has 0 aliphatic carbocycles. The van der Waals surface area contributed by atoms with Gasteiger partial charge in [-0.1, -0.05) is 84.9 Å². The van der Waals surface area contributed by atoms with E-state index in [0.717, 1.165) is 0 Å². The van der Waals surface area contributed by atoms with Crippen molar-refractivity contribution in [3.05, 3.63) is 120 Å². The topological polar surface area (TPSA) is 134 Å². The summed E-state index contributed by atoms with van der Waals surface area (Å²) in [5, 5.41) is 43.0. The van der Waals surface area contributed by atoms with E-state index in [9.17, 15) is 30.0 Å². The third-order valence-corrected chi connectivity index (χ3v) is 6.48. The molecule has 4 N–H and O–H groups in total. The molecule has 210 valence electrons. The molecule has 8 nitrogen and oxygen atoms in total. The Bertz CT molecular complexity index is 1580. The summed E-state index contributed by atoms with van der Waals surface area (Å²) in [4.78, 5) is 26.1. The average molecular weight is 563 g/mol. The Labute approximate surface area is 241 Å². The zero-order valence-corrected chi connectivity index (χ0v) is 22.2. The Balaban J connectivity index is 1.67. The molecule has 0 aliphatic rings. The van der Waals surface area contributed by atoms with E-state index < -0.39 is 23.4 Å². The van der Waals surface area contributed by atoms with E-state index in [1.54, 1.807) is 48.5 Å². The molecule has 5 aromatic rings. The fourth-order valence-corrected chi connectivity index (χ4v) is 4.49. The van der Waals surface area contributed by atoms with Crippen LogP contribution in [-0.4, -0.2) is 32.4 Å². The zero-order valence-electron chi connectivity index (χ0n) is 22.2. The molecule has 42 heavy (non-hydrogen) atoms. The highest BCUT2D eigenvalue weighted by molar-refractivity contribution is 5.96. The van der Waals surface area contributed by atoms with Crippen LogP contribution in [0.25, 0.3) is 22.3 Å². The molecular formula is C34H26O8. The number of hydrogen-bond acceptors (Lipinski definition) is 8. The van der Waals surface area contributed by atoms with E-state index in [0.29, 0.717) is 11.1 Å². The summed E-state index contributed by atoms with van der Waals surface area (Å²) in [7, 11) is 0. The lowest BCUT2D eigenvalue weighted by atomic mass is 9.95. The van der Waals surface area contributed by atoms with Crippen LogP contribution in [-0.2, 0) is 22.4 Å². The van der Waals surface area contributed by atoms with Gasteiger partial charge in [-0.3, -0.25) is 9.59 Å². The average Bonchev–Trinajstić information content (AvgIpc) is 2.98. The molecule has 0 fully saturated rings. The molecule has 0 bridgehead atoms. The largest absolute Gasteiger partial charge is 0.508 e. The van der Waals surface area contributed by atoms with E-state index in [2.05, 4.69) is 0 Å². The van der Waals surface area contributed by atoms with E-state index in [1.165, 1.54) is 48.5 Å². The van der Waals surface area contributed by atoms with Crippen LogP contribution >= 0.6 is 0 Å². The standard InChI is InChI=1S/C34H26O8/c35-25-15-11-23(12-16-25)29-32(40)34(42-28(38)20-22-9-5-2-6-10-22)30(24-13-17-26(36)18-14-24)31(39)33(29)41-27(37)19-21-7-3-1-4-8-21/h1-18,35-36,39-40H,19-20H2. The minimum Gasteiger partial charge on any atom is -0.508 e. The van der Waals surface area contributed by atoms with Crippen LogP contribution in [0.1, 0.15) is 11.1 Å². The number of phenols is 4. The molecule has 0 amide bonds. The quantitative estimate of drug-likeness (QED) is 0.101. The highest BCUT2D eigenvalue weighted by Gasteiger charge is 2.31. The van der Waals surface area contributed by atoms with E-state index in [-0.39, 0.29) is 58.1 Å². The van der Waals surface area contributed by atoms with Crippen molar-refractivity contribution >= 4 is 11.9 Å². The summed E-state index contributed by atoms with van der Waals surface area (Å²) in [6.45, 7) is 0. The number of benzene rings is 5. The van der Waals surface area contributed by atoms with Gasteiger partial charge in [-0.15, -0.1) is 0 Å². The third kappa shape index (κ3) is 6.18. The highest BCUT2D eigenvalue weighted by Crippen LogP contribution is 2.56. The number of aromatic hydroxyl groups is 4. The van der Waals surface area contributed by atoms with E-state index in [1.807, 2.05) is 12.1 Å². The first-order valence-corrected chi connectivity index (χ1v) is 13.0. The predicted molar refractivity (Wildman–Crippen MR) is 156 cm³/mol. The number of phenolic OH excluding ortho intramolecular Hbond substituents is 4. The van der Waals surface area contributed by atoms with Crippen LogP contribution in [0, 0.1) is 0 Å². The Morgan fingerprint density at radius 3 is 1.14 bits per heavy atom. The van der Waals surface area contributed by atoms with Gasteiger partial charge in [0.2, 0.25) is 0 Å². The number of carbonyl (C=O) groups is 2. The Morgan fingerprint density at radius 2 is 0.810 bits per heavy atom. The minimum atomic E-state index is -0.721. The second-order valence-corrected chi connectivity index (χ2v) is 9.47. The first-order valence-electron chi connectivity index (χ1n) is 13.0. The maximum atomic E-state index is 13.1. The van der Waals surface area contributed by atoms with Gasteiger partial charge in [0.05, 0.1) is 24.0 Å². The number of ether oxygens (including phenoxy) is 2. The zero-order chi connectivity index (χ0) is 29.6. The maximum Gasteiger partial charge on any atom is 0.315 e. The van der Waals surface area contributed by atoms with Crippen LogP contribution in [0.3, 0.4) is 0 Å². The molecule has 0 aromatic heterocycles. The molecule has 5 aromatic carbocycles. The molecule has 0 radical (unpaired) electrons. The summed E-state index contributed by atoms with van der Waals surface area (Å²) in [6, 6.07) is 28.9. The number of esters is 2. The lowest BCUT2D eigenvalue weighted by Gasteiger charge is -2.21. The van der Waals surface area contributed by atoms with Crippen molar-refractivity contribution in [2.24, 2.45) is 0 Å². The van der Waals surface area contributed by atoms with Crippen LogP contribution in [0.15, 0.2) is 109 Å². The minimum absolute atomic E-state index is 0.0553. The van der Waals surface area contributed by atoms with Gasteiger partial charge < -0.3 is 29.9 Å². The van der Waals surface area contributed by atoms with Gasteiger partial charge in [0.15, 0.2) is 23.0 Å². The monoisotopic (exact) mass is 562 g/mol. The molecule has 0 aliphatic heterocycles. The summed E-state index contributed by atoms with van der Waals surface area (Å²) in [6.07, 6.45) is -0.253. The number of rotatable bonds is 8. The van der Waals surface area contributed by atoms with Crippen LogP contribution in [0.4, 0.5) is 0 Å². The number of hydrogen-bond donors (Lipinski definition) is 4. The van der Waals surface area contributed by atoms with Gasteiger partial charge in [0.1, 0.15) is 11.5 Å². The van der Waals surface area contributed by atoms with Crippen molar-refractivity contribution in [1.29, 1.82) is 0 Å². The van der Waals surface area contributed by atoms with Crippen molar-refractivity contribution in [2.45, 2.75) is 12.8 Å². The van der Waals surface area contributed by atoms with Gasteiger partial charge in [0.25, 0.3) is 0 Å². The fraction of sp³-hybridized carbons (Fsp3) is 0.0588. The lowest BCUT2D eigenvalue weighted by molar-refractivity contribution is -0.134. The van der Waals surface area contributed by atoms with Crippen LogP contribution in [0.5, 0.6) is 34.5 Å². The lowest BCUT2D eigenvalue weighted by Crippen LogP contribution is -2.14. The summed E-state index contributed by atoms with van der Waals surface area (Å²) in [5.41, 5.74) is 1.62. The van der Waals surface area contributed by atoms with Crippen molar-refractivity contribution < 1.29 is 39.5 Å². The molecule has 8 heteroatoms. The van der Waals surface area contributed by atoms with Gasteiger partial charge in [-0.2, -0.15) is 0 Å². The van der Waals surface area contributed by atoms with Crippen molar-refractivity contribution in [2.75, 3.05) is 0 Å². The van der Waals surface area contributed by atoms with Crippen molar-refractivity contribution in [1.82, 2.24) is 0 Å². The molecule has 0 spiro atoms. The normalized spacial score (nSPS) is 10.7. The maximum absolute atomic E-state index is 13.1. The molecule has 5 rings (SSSR count). The summed E-state index contributed by atoms with van der Waals surface area (Å²) < 4.78 is 11.4. The molecule has 0 heterocycles. The Morgan fingerprint density at radius 1 is 0.476 bits per heavy atom. The molecule has 0 saturated carbocycles. The van der Waals surface area contributed by atoms with E-state index >= 15 is 0 Å². The smallest absolute Gasteiger partial charge is 0.315 e. The van der Waals surface area contributed by atoms with Crippen LogP contribution < -0.4 is 9.47 Å². The second-order valence-electron chi connectivity index (χ2n) is 9.47. The number of carbonyl (C=O) groups excluding carboxylic acids is 2. The molecule has 0 saturated heterocycles. The highest BCUT2D eigenvalue weighted by atomic mass is 16.6. The molecule has 0 atom stereocenters.